The fourth-order valence-electron chi connectivity index (χ4n) is 4.99. The van der Waals surface area contributed by atoms with E-state index >= 15 is 0 Å². The maximum absolute atomic E-state index is 13.3. The third-order valence-electron chi connectivity index (χ3n) is 7.41. The van der Waals surface area contributed by atoms with Crippen molar-refractivity contribution in [2.24, 2.45) is 5.73 Å². The van der Waals surface area contributed by atoms with Crippen LogP contribution in [0, 0.1) is 0 Å². The van der Waals surface area contributed by atoms with E-state index in [1.54, 1.807) is 19.1 Å². The Hall–Kier alpha value is -3.19. The van der Waals surface area contributed by atoms with Crippen molar-refractivity contribution in [3.05, 3.63) is 57.6 Å². The molecular weight excluding hydrogens is 498 g/mol. The van der Waals surface area contributed by atoms with Crippen LogP contribution in [-0.4, -0.2) is 79.6 Å². The number of carbonyl (C=O) groups excluding carboxylic acids is 3. The van der Waals surface area contributed by atoms with E-state index < -0.39 is 89.8 Å². The Morgan fingerprint density at radius 3 is 2.16 bits per heavy atom. The Labute approximate surface area is 218 Å². The summed E-state index contributed by atoms with van der Waals surface area (Å²) >= 11 is 0. The minimum atomic E-state index is -2.15. The number of phenolic OH excluding ortho intramolecular Hbond substituents is 2. The molecule has 0 saturated carbocycles. The number of aromatic hydroxyl groups is 2. The average molecular weight is 530 g/mol. The first-order valence-corrected chi connectivity index (χ1v) is 12.3. The van der Waals surface area contributed by atoms with E-state index in [1.165, 1.54) is 19.1 Å². The molecule has 1 fully saturated rings. The largest absolute Gasteiger partial charge is 0.507 e. The van der Waals surface area contributed by atoms with Gasteiger partial charge in [-0.15, -0.1) is 0 Å². The number of rotatable bonds is 8. The zero-order chi connectivity index (χ0) is 27.9. The van der Waals surface area contributed by atoms with Gasteiger partial charge < -0.3 is 40.7 Å². The zero-order valence-corrected chi connectivity index (χ0v) is 21.0. The quantitative estimate of drug-likeness (QED) is 0.222. The molecule has 11 nitrogen and oxygen atoms in total. The first kappa shape index (κ1) is 27.8. The number of aliphatic hydroxyl groups is 3. The fourth-order valence-corrected chi connectivity index (χ4v) is 4.99. The van der Waals surface area contributed by atoms with Gasteiger partial charge >= 0.3 is 0 Å². The Balaban J connectivity index is 1.84. The van der Waals surface area contributed by atoms with Crippen LogP contribution in [0.3, 0.4) is 0 Å². The van der Waals surface area contributed by atoms with Crippen LogP contribution in [-0.2, 0) is 27.3 Å². The minimum Gasteiger partial charge on any atom is -0.507 e. The van der Waals surface area contributed by atoms with Crippen molar-refractivity contribution < 1.29 is 49.4 Å². The van der Waals surface area contributed by atoms with E-state index in [0.717, 1.165) is 0 Å². The maximum atomic E-state index is 13.3. The number of fused-ring (bicyclic) bond motifs is 2. The molecule has 5 atom stereocenters. The Kier molecular flexibility index (Phi) is 7.71. The molecule has 0 amide bonds. The van der Waals surface area contributed by atoms with E-state index in [2.05, 4.69) is 0 Å². The predicted octanol–water partition coefficient (Wildman–Crippen LogP) is 0.458. The summed E-state index contributed by atoms with van der Waals surface area (Å²) in [4.78, 5) is 39.1. The molecule has 1 unspecified atom stereocenters. The number of nitrogens with two attached hydrogens (primary N) is 1. The van der Waals surface area contributed by atoms with E-state index in [1.807, 2.05) is 0 Å². The van der Waals surface area contributed by atoms with Crippen molar-refractivity contribution in [1.29, 1.82) is 0 Å². The summed E-state index contributed by atoms with van der Waals surface area (Å²) in [5, 5.41) is 53.1. The molecule has 0 bridgehead atoms. The molecule has 4 rings (SSSR count). The van der Waals surface area contributed by atoms with Gasteiger partial charge in [-0.05, 0) is 13.3 Å². The minimum absolute atomic E-state index is 0.0315. The average Bonchev–Trinajstić information content (AvgIpc) is 2.91. The zero-order valence-electron chi connectivity index (χ0n) is 21.0. The molecular formula is C27H31NO10. The highest BCUT2D eigenvalue weighted by Gasteiger charge is 2.42. The standard InChI is InChI=1S/C27H31NO10/c1-3-27(36,18(30)10-29)9-15-16(11-37-19-8-17(28)22(31)12(2)38-19)26(35)21-20(25(15)34)23(32)13-6-4-5-7-14(13)24(21)33/h4-7,12,17,19,22,29,31,34-36H,3,8-11,28H2,1-2H3/t12-,17-,19+,22-,27?/m0/s1. The molecule has 2 aromatic rings. The number of ketones is 3. The van der Waals surface area contributed by atoms with Crippen molar-refractivity contribution >= 4 is 17.3 Å². The number of Topliss-reactive ketones (excluding diaryl/α,β-unsaturated/α-hetero) is 1. The van der Waals surface area contributed by atoms with Crippen LogP contribution in [0.2, 0.25) is 0 Å². The first-order chi connectivity index (χ1) is 17.9. The maximum Gasteiger partial charge on any atom is 0.198 e. The highest BCUT2D eigenvalue weighted by molar-refractivity contribution is 6.30. The number of hydrogen-bond donors (Lipinski definition) is 6. The van der Waals surface area contributed by atoms with Crippen LogP contribution in [0.4, 0.5) is 0 Å². The van der Waals surface area contributed by atoms with Gasteiger partial charge in [0.1, 0.15) is 23.7 Å². The smallest absolute Gasteiger partial charge is 0.198 e. The van der Waals surface area contributed by atoms with Crippen LogP contribution in [0.1, 0.15) is 69.7 Å². The Morgan fingerprint density at radius 1 is 1.11 bits per heavy atom. The highest BCUT2D eigenvalue weighted by Crippen LogP contribution is 2.45. The monoisotopic (exact) mass is 529 g/mol. The molecule has 0 radical (unpaired) electrons. The molecule has 204 valence electrons. The van der Waals surface area contributed by atoms with Crippen molar-refractivity contribution in [1.82, 2.24) is 0 Å². The van der Waals surface area contributed by atoms with Crippen molar-refractivity contribution in [3.8, 4) is 11.5 Å². The third-order valence-corrected chi connectivity index (χ3v) is 7.41. The van der Waals surface area contributed by atoms with Gasteiger partial charge in [-0.1, -0.05) is 31.2 Å². The number of ether oxygens (including phenoxy) is 2. The lowest BCUT2D eigenvalue weighted by Crippen LogP contribution is -2.51. The SMILES string of the molecule is CCC(O)(Cc1c(O)c2c(c(O)c1CO[C@H]1C[C@H](N)[C@@H](O)[C@H](C)O1)C(=O)c1ccccc1C2=O)C(=O)CO. The number of phenols is 2. The first-order valence-electron chi connectivity index (χ1n) is 12.3. The Morgan fingerprint density at radius 2 is 1.66 bits per heavy atom. The van der Waals surface area contributed by atoms with Crippen LogP contribution in [0.15, 0.2) is 24.3 Å². The lowest BCUT2D eigenvalue weighted by Gasteiger charge is -2.36. The summed E-state index contributed by atoms with van der Waals surface area (Å²) in [6.45, 7) is 1.66. The molecule has 7 N–H and O–H groups in total. The second-order valence-electron chi connectivity index (χ2n) is 9.72. The summed E-state index contributed by atoms with van der Waals surface area (Å²) in [6, 6.07) is 5.31. The van der Waals surface area contributed by atoms with Crippen LogP contribution in [0.5, 0.6) is 11.5 Å². The van der Waals surface area contributed by atoms with Crippen LogP contribution >= 0.6 is 0 Å². The molecule has 2 aliphatic rings. The number of aliphatic hydroxyl groups excluding tert-OH is 2. The molecule has 1 heterocycles. The van der Waals surface area contributed by atoms with Gasteiger partial charge in [-0.3, -0.25) is 14.4 Å². The molecule has 1 aliphatic carbocycles. The van der Waals surface area contributed by atoms with Crippen molar-refractivity contribution in [2.75, 3.05) is 6.61 Å². The molecule has 11 heteroatoms. The number of benzene rings is 2. The van der Waals surface area contributed by atoms with Crippen molar-refractivity contribution in [2.45, 2.75) is 69.9 Å². The van der Waals surface area contributed by atoms with E-state index in [4.69, 9.17) is 15.2 Å². The van der Waals surface area contributed by atoms with E-state index in [-0.39, 0.29) is 35.1 Å². The van der Waals surface area contributed by atoms with Gasteiger partial charge in [-0.25, -0.2) is 0 Å². The van der Waals surface area contributed by atoms with Gasteiger partial charge in [-0.2, -0.15) is 0 Å². The summed E-state index contributed by atoms with van der Waals surface area (Å²) in [5.74, 6) is -3.67. The normalized spacial score (nSPS) is 24.5. The fraction of sp³-hybridized carbons (Fsp3) is 0.444. The summed E-state index contributed by atoms with van der Waals surface area (Å²) in [5.41, 5.74) is 2.67. The molecule has 2 aromatic carbocycles. The van der Waals surface area contributed by atoms with E-state index in [9.17, 15) is 39.9 Å². The molecule has 38 heavy (non-hydrogen) atoms. The predicted molar refractivity (Wildman–Crippen MR) is 132 cm³/mol. The summed E-state index contributed by atoms with van der Waals surface area (Å²) in [7, 11) is 0. The Bertz CT molecular complexity index is 1280. The van der Waals surface area contributed by atoms with Gasteiger partial charge in [0.15, 0.2) is 23.6 Å². The highest BCUT2D eigenvalue weighted by atomic mass is 16.7. The molecule has 1 aliphatic heterocycles. The lowest BCUT2D eigenvalue weighted by atomic mass is 9.78. The second kappa shape index (κ2) is 10.5. The molecule has 0 aromatic heterocycles. The van der Waals surface area contributed by atoms with Crippen LogP contribution in [0.25, 0.3) is 0 Å². The van der Waals surface area contributed by atoms with Gasteiger partial charge in [0, 0.05) is 41.1 Å². The summed E-state index contributed by atoms with van der Waals surface area (Å²) < 4.78 is 11.4. The second-order valence-corrected chi connectivity index (χ2v) is 9.72. The van der Waals surface area contributed by atoms with Crippen molar-refractivity contribution in [3.63, 3.8) is 0 Å². The number of carbonyl (C=O) groups is 3. The van der Waals surface area contributed by atoms with E-state index in [0.29, 0.717) is 0 Å². The van der Waals surface area contributed by atoms with Gasteiger partial charge in [0.2, 0.25) is 0 Å². The lowest BCUT2D eigenvalue weighted by molar-refractivity contribution is -0.226. The van der Waals surface area contributed by atoms with Crippen LogP contribution < -0.4 is 5.73 Å². The topological polar surface area (TPSA) is 197 Å². The third kappa shape index (κ3) is 4.62. The van der Waals surface area contributed by atoms with Gasteiger partial charge in [0.05, 0.1) is 29.9 Å². The number of hydrogen-bond acceptors (Lipinski definition) is 11. The molecule has 1 saturated heterocycles. The van der Waals surface area contributed by atoms with Gasteiger partial charge in [0.25, 0.3) is 0 Å². The molecule has 0 spiro atoms. The summed E-state index contributed by atoms with van der Waals surface area (Å²) in [6.07, 6.45) is -3.13.